The molecule has 0 saturated carbocycles. The third kappa shape index (κ3) is 5.12. The number of piperazine rings is 1. The standard InChI is InChI=1S/C23H25N5O4S/c1-26(2)33(30,31)20-10-8-18(9-11-20)23(29)28-16-14-27(15-17-28)21-12-13-22(25-24-21)32-19-6-4-3-5-7-19/h3-13H,14-17H2,1-2H3. The van der Waals surface area contributed by atoms with Gasteiger partial charge in [0.05, 0.1) is 4.90 Å². The summed E-state index contributed by atoms with van der Waals surface area (Å²) < 4.78 is 31.2. The van der Waals surface area contributed by atoms with Crippen molar-refractivity contribution >= 4 is 21.7 Å². The Morgan fingerprint density at radius 1 is 0.879 bits per heavy atom. The van der Waals surface area contributed by atoms with Crippen LogP contribution in [0.3, 0.4) is 0 Å². The molecule has 1 aliphatic heterocycles. The second-order valence-corrected chi connectivity index (χ2v) is 9.89. The van der Waals surface area contributed by atoms with Gasteiger partial charge in [-0.1, -0.05) is 18.2 Å². The second kappa shape index (κ2) is 9.55. The number of rotatable bonds is 6. The van der Waals surface area contributed by atoms with E-state index in [1.807, 2.05) is 36.4 Å². The van der Waals surface area contributed by atoms with Crippen molar-refractivity contribution in [1.29, 1.82) is 0 Å². The molecule has 2 heterocycles. The number of ether oxygens (including phenoxy) is 1. The molecule has 0 N–H and O–H groups in total. The summed E-state index contributed by atoms with van der Waals surface area (Å²) in [5.74, 6) is 1.71. The van der Waals surface area contributed by atoms with Crippen LogP contribution in [0.25, 0.3) is 0 Å². The van der Waals surface area contributed by atoms with E-state index in [1.165, 1.54) is 26.2 Å². The van der Waals surface area contributed by atoms with Crippen LogP contribution in [0, 0.1) is 0 Å². The van der Waals surface area contributed by atoms with Crippen molar-refractivity contribution in [2.45, 2.75) is 4.90 Å². The Hall–Kier alpha value is -3.50. The van der Waals surface area contributed by atoms with Crippen molar-refractivity contribution in [2.75, 3.05) is 45.2 Å². The van der Waals surface area contributed by atoms with Crippen molar-refractivity contribution < 1.29 is 17.9 Å². The Morgan fingerprint density at radius 3 is 2.12 bits per heavy atom. The second-order valence-electron chi connectivity index (χ2n) is 7.74. The highest BCUT2D eigenvalue weighted by molar-refractivity contribution is 7.89. The Labute approximate surface area is 193 Å². The molecule has 2 aromatic carbocycles. The van der Waals surface area contributed by atoms with Crippen LogP contribution in [-0.2, 0) is 10.0 Å². The number of benzene rings is 2. The van der Waals surface area contributed by atoms with Crippen molar-refractivity contribution in [3.05, 3.63) is 72.3 Å². The molecule has 4 rings (SSSR count). The number of carbonyl (C=O) groups excluding carboxylic acids is 1. The van der Waals surface area contributed by atoms with Gasteiger partial charge in [-0.15, -0.1) is 10.2 Å². The number of hydrogen-bond acceptors (Lipinski definition) is 7. The maximum absolute atomic E-state index is 12.9. The fraction of sp³-hybridized carbons (Fsp3) is 0.261. The minimum absolute atomic E-state index is 0.124. The van der Waals surface area contributed by atoms with Gasteiger partial charge in [0.25, 0.3) is 5.91 Å². The molecule has 1 amide bonds. The van der Waals surface area contributed by atoms with Crippen LogP contribution < -0.4 is 9.64 Å². The van der Waals surface area contributed by atoms with E-state index in [4.69, 9.17) is 4.74 Å². The van der Waals surface area contributed by atoms with Crippen molar-refractivity contribution in [3.63, 3.8) is 0 Å². The monoisotopic (exact) mass is 467 g/mol. The van der Waals surface area contributed by atoms with Gasteiger partial charge in [0.1, 0.15) is 5.75 Å². The molecule has 1 aromatic heterocycles. The lowest BCUT2D eigenvalue weighted by atomic mass is 10.2. The van der Waals surface area contributed by atoms with Crippen molar-refractivity contribution in [2.24, 2.45) is 0 Å². The molecule has 3 aromatic rings. The number of anilines is 1. The number of amides is 1. The van der Waals surface area contributed by atoms with Gasteiger partial charge in [-0.05, 0) is 42.5 Å². The fourth-order valence-corrected chi connectivity index (χ4v) is 4.35. The topological polar surface area (TPSA) is 95.9 Å². The van der Waals surface area contributed by atoms with Gasteiger partial charge in [0, 0.05) is 51.9 Å². The average molecular weight is 468 g/mol. The fourth-order valence-electron chi connectivity index (χ4n) is 3.45. The maximum Gasteiger partial charge on any atom is 0.253 e. The molecule has 0 aliphatic carbocycles. The Bertz CT molecular complexity index is 1190. The smallest absolute Gasteiger partial charge is 0.253 e. The first kappa shape index (κ1) is 22.7. The minimum atomic E-state index is -3.52. The number of sulfonamides is 1. The van der Waals surface area contributed by atoms with Crippen LogP contribution >= 0.6 is 0 Å². The van der Waals surface area contributed by atoms with Gasteiger partial charge in [0.15, 0.2) is 5.82 Å². The molecule has 0 bridgehead atoms. The zero-order valence-corrected chi connectivity index (χ0v) is 19.3. The van der Waals surface area contributed by atoms with E-state index < -0.39 is 10.0 Å². The van der Waals surface area contributed by atoms with E-state index in [1.54, 1.807) is 23.1 Å². The molecule has 33 heavy (non-hydrogen) atoms. The molecule has 1 fully saturated rings. The summed E-state index contributed by atoms with van der Waals surface area (Å²) in [7, 11) is -0.575. The van der Waals surface area contributed by atoms with Gasteiger partial charge in [-0.2, -0.15) is 0 Å². The molecular weight excluding hydrogens is 442 g/mol. The highest BCUT2D eigenvalue weighted by Gasteiger charge is 2.24. The summed E-state index contributed by atoms with van der Waals surface area (Å²) in [5.41, 5.74) is 0.461. The molecule has 0 atom stereocenters. The highest BCUT2D eigenvalue weighted by atomic mass is 32.2. The molecule has 0 unspecified atom stereocenters. The zero-order valence-electron chi connectivity index (χ0n) is 18.5. The highest BCUT2D eigenvalue weighted by Crippen LogP contribution is 2.21. The predicted octanol–water partition coefficient (Wildman–Crippen LogP) is 2.48. The van der Waals surface area contributed by atoms with Gasteiger partial charge in [-0.3, -0.25) is 4.79 Å². The Balaban J connectivity index is 1.34. The molecular formula is C23H25N5O4S. The number of para-hydroxylation sites is 1. The van der Waals surface area contributed by atoms with E-state index in [0.717, 1.165) is 10.1 Å². The zero-order chi connectivity index (χ0) is 23.4. The molecule has 9 nitrogen and oxygen atoms in total. The van der Waals surface area contributed by atoms with E-state index in [-0.39, 0.29) is 10.8 Å². The van der Waals surface area contributed by atoms with Crippen LogP contribution in [0.15, 0.2) is 71.6 Å². The first-order valence-electron chi connectivity index (χ1n) is 10.5. The molecule has 0 radical (unpaired) electrons. The quantitative estimate of drug-likeness (QED) is 0.550. The largest absolute Gasteiger partial charge is 0.438 e. The predicted molar refractivity (Wildman–Crippen MR) is 124 cm³/mol. The van der Waals surface area contributed by atoms with Gasteiger partial charge >= 0.3 is 0 Å². The lowest BCUT2D eigenvalue weighted by Gasteiger charge is -2.35. The van der Waals surface area contributed by atoms with E-state index >= 15 is 0 Å². The van der Waals surface area contributed by atoms with Crippen molar-refractivity contribution in [3.8, 4) is 11.6 Å². The number of carbonyl (C=O) groups is 1. The number of nitrogens with zero attached hydrogens (tertiary/aromatic N) is 5. The van der Waals surface area contributed by atoms with Gasteiger partial charge < -0.3 is 14.5 Å². The minimum Gasteiger partial charge on any atom is -0.438 e. The number of aromatic nitrogens is 2. The third-order valence-corrected chi connectivity index (χ3v) is 7.19. The van der Waals surface area contributed by atoms with Gasteiger partial charge in [0.2, 0.25) is 15.9 Å². The van der Waals surface area contributed by atoms with Crippen molar-refractivity contribution in [1.82, 2.24) is 19.4 Å². The normalized spacial score (nSPS) is 14.4. The number of hydrogen-bond donors (Lipinski definition) is 0. The summed E-state index contributed by atoms with van der Waals surface area (Å²) in [4.78, 5) is 16.8. The summed E-state index contributed by atoms with van der Waals surface area (Å²) in [5, 5.41) is 8.40. The summed E-state index contributed by atoms with van der Waals surface area (Å²) in [6, 6.07) is 19.1. The van der Waals surface area contributed by atoms with Crippen LogP contribution in [0.1, 0.15) is 10.4 Å². The summed E-state index contributed by atoms with van der Waals surface area (Å²) in [6.45, 7) is 2.29. The van der Waals surface area contributed by atoms with Crippen LogP contribution in [0.5, 0.6) is 11.6 Å². The van der Waals surface area contributed by atoms with E-state index in [2.05, 4.69) is 15.1 Å². The Morgan fingerprint density at radius 2 is 1.55 bits per heavy atom. The SMILES string of the molecule is CN(C)S(=O)(=O)c1ccc(C(=O)N2CCN(c3ccc(Oc4ccccc4)nn3)CC2)cc1. The van der Waals surface area contributed by atoms with Crippen LogP contribution in [-0.4, -0.2) is 74.0 Å². The molecule has 0 spiro atoms. The van der Waals surface area contributed by atoms with Crippen LogP contribution in [0.2, 0.25) is 0 Å². The molecule has 1 saturated heterocycles. The van der Waals surface area contributed by atoms with E-state index in [9.17, 15) is 13.2 Å². The van der Waals surface area contributed by atoms with Gasteiger partial charge in [-0.25, -0.2) is 12.7 Å². The van der Waals surface area contributed by atoms with Crippen LogP contribution in [0.4, 0.5) is 5.82 Å². The lowest BCUT2D eigenvalue weighted by Crippen LogP contribution is -2.49. The summed E-state index contributed by atoms with van der Waals surface area (Å²) >= 11 is 0. The molecule has 172 valence electrons. The molecule has 1 aliphatic rings. The average Bonchev–Trinajstić information content (AvgIpc) is 2.85. The third-order valence-electron chi connectivity index (χ3n) is 5.36. The molecule has 10 heteroatoms. The Kier molecular flexibility index (Phi) is 6.57. The first-order valence-corrected chi connectivity index (χ1v) is 11.9. The first-order chi connectivity index (χ1) is 15.8. The summed E-state index contributed by atoms with van der Waals surface area (Å²) in [6.07, 6.45) is 0. The maximum atomic E-state index is 12.9. The lowest BCUT2D eigenvalue weighted by molar-refractivity contribution is 0.0746. The van der Waals surface area contributed by atoms with E-state index in [0.29, 0.717) is 43.4 Å².